The second kappa shape index (κ2) is 17.8. The number of benzene rings is 2. The maximum Gasteiger partial charge on any atom is 0.494 e. The molecule has 2 aromatic carbocycles. The molecular formula is C34H50BNO6. The topological polar surface area (TPSA) is 97.3 Å². The molecule has 7 nitrogen and oxygen atoms in total. The number of ether oxygens (including phenoxy) is 1. The first-order chi connectivity index (χ1) is 20.6. The predicted octanol–water partition coefficient (Wildman–Crippen LogP) is 5.55. The van der Waals surface area contributed by atoms with Crippen LogP contribution in [-0.2, 0) is 18.8 Å². The van der Waals surface area contributed by atoms with E-state index < -0.39 is 37.8 Å². The van der Waals surface area contributed by atoms with E-state index >= 15 is 0 Å². The van der Waals surface area contributed by atoms with Crippen molar-refractivity contribution in [2.24, 2.45) is 0 Å². The van der Waals surface area contributed by atoms with Crippen LogP contribution in [-0.4, -0.2) is 60.5 Å². The van der Waals surface area contributed by atoms with E-state index in [9.17, 15) is 15.0 Å². The maximum atomic E-state index is 12.5. The fourth-order valence-corrected chi connectivity index (χ4v) is 5.84. The van der Waals surface area contributed by atoms with Crippen LogP contribution in [0.5, 0.6) is 0 Å². The number of carbonyl (C=O) groups excluding carboxylic acids is 1. The Morgan fingerprint density at radius 2 is 1.55 bits per heavy atom. The van der Waals surface area contributed by atoms with Gasteiger partial charge in [0.05, 0.1) is 6.61 Å². The summed E-state index contributed by atoms with van der Waals surface area (Å²) in [6.07, 6.45) is 15.8. The van der Waals surface area contributed by atoms with Crippen LogP contribution >= 0.6 is 0 Å². The van der Waals surface area contributed by atoms with Gasteiger partial charge < -0.3 is 29.6 Å². The molecule has 2 aliphatic heterocycles. The van der Waals surface area contributed by atoms with Crippen molar-refractivity contribution >= 4 is 29.3 Å². The molecule has 2 aliphatic rings. The smallest absolute Gasteiger partial charge is 0.404 e. The number of nitrogens with one attached hydrogen (secondary N) is 1. The quantitative estimate of drug-likeness (QED) is 0.129. The van der Waals surface area contributed by atoms with Gasteiger partial charge in [-0.05, 0) is 48.3 Å². The Kier molecular flexibility index (Phi) is 13.8. The fourth-order valence-electron chi connectivity index (χ4n) is 5.84. The summed E-state index contributed by atoms with van der Waals surface area (Å²) in [5.41, 5.74) is 0.837. The number of unbranched alkanes of at least 4 members (excludes halogenated alkanes) is 11. The molecule has 2 heterocycles. The van der Waals surface area contributed by atoms with Crippen LogP contribution in [0.1, 0.15) is 96.8 Å². The molecular weight excluding hydrogens is 529 g/mol. The van der Waals surface area contributed by atoms with Crippen LogP contribution in [0.3, 0.4) is 0 Å². The minimum atomic E-state index is -1.29. The van der Waals surface area contributed by atoms with E-state index in [-0.39, 0.29) is 12.5 Å². The predicted molar refractivity (Wildman–Crippen MR) is 168 cm³/mol. The Balaban J connectivity index is 1.08. The highest BCUT2D eigenvalue weighted by Gasteiger charge is 2.50. The van der Waals surface area contributed by atoms with E-state index in [1.54, 1.807) is 0 Å². The van der Waals surface area contributed by atoms with Gasteiger partial charge in [0.15, 0.2) is 6.23 Å². The summed E-state index contributed by atoms with van der Waals surface area (Å²) in [5.74, 6) is -0.186. The summed E-state index contributed by atoms with van der Waals surface area (Å²) in [4.78, 5) is 12.5. The molecule has 3 N–H and O–H groups in total. The highest BCUT2D eigenvalue weighted by molar-refractivity contribution is 6.61. The molecule has 2 aromatic rings. The van der Waals surface area contributed by atoms with Gasteiger partial charge in [0.1, 0.15) is 24.4 Å². The van der Waals surface area contributed by atoms with Gasteiger partial charge in [-0.1, -0.05) is 113 Å². The molecule has 0 spiro atoms. The second-order valence-electron chi connectivity index (χ2n) is 11.9. The van der Waals surface area contributed by atoms with Crippen molar-refractivity contribution in [3.8, 4) is 0 Å². The van der Waals surface area contributed by atoms with Crippen molar-refractivity contribution in [1.82, 2.24) is 5.32 Å². The van der Waals surface area contributed by atoms with Gasteiger partial charge in [0.25, 0.3) is 0 Å². The molecule has 0 saturated carbocycles. The normalized spacial score (nSPS) is 24.3. The molecule has 0 aliphatic carbocycles. The van der Waals surface area contributed by atoms with Crippen LogP contribution in [0, 0.1) is 0 Å². The van der Waals surface area contributed by atoms with Crippen molar-refractivity contribution < 1.29 is 29.1 Å². The molecule has 0 aromatic heterocycles. The van der Waals surface area contributed by atoms with E-state index in [1.807, 2.05) is 42.5 Å². The van der Waals surface area contributed by atoms with E-state index in [0.717, 1.165) is 41.9 Å². The number of fused-ring (bicyclic) bond motifs is 2. The van der Waals surface area contributed by atoms with E-state index in [4.69, 9.17) is 14.0 Å². The van der Waals surface area contributed by atoms with E-state index in [2.05, 4.69) is 24.4 Å². The first-order valence-corrected chi connectivity index (χ1v) is 16.3. The largest absolute Gasteiger partial charge is 0.494 e. The molecule has 0 bridgehead atoms. The summed E-state index contributed by atoms with van der Waals surface area (Å²) in [6, 6.07) is 14.0. The van der Waals surface area contributed by atoms with E-state index in [1.165, 1.54) is 57.8 Å². The monoisotopic (exact) mass is 579 g/mol. The first kappa shape index (κ1) is 32.7. The number of carbonyl (C=O) groups is 1. The van der Waals surface area contributed by atoms with Crippen LogP contribution in [0.25, 0.3) is 10.8 Å². The number of allylic oxidation sites excluding steroid dienone is 2. The zero-order valence-electron chi connectivity index (χ0n) is 25.3. The van der Waals surface area contributed by atoms with Gasteiger partial charge in [-0.25, -0.2) is 0 Å². The molecule has 1 amide bonds. The van der Waals surface area contributed by atoms with Gasteiger partial charge in [-0.2, -0.15) is 0 Å². The maximum absolute atomic E-state index is 12.5. The first-order valence-electron chi connectivity index (χ1n) is 16.3. The highest BCUT2D eigenvalue weighted by Crippen LogP contribution is 2.27. The number of amides is 1. The summed E-state index contributed by atoms with van der Waals surface area (Å²) < 4.78 is 17.9. The minimum Gasteiger partial charge on any atom is -0.404 e. The lowest BCUT2D eigenvalue weighted by Gasteiger charge is -2.46. The van der Waals surface area contributed by atoms with Crippen LogP contribution in [0.15, 0.2) is 54.6 Å². The summed E-state index contributed by atoms with van der Waals surface area (Å²) >= 11 is 0. The molecule has 0 radical (unpaired) electrons. The van der Waals surface area contributed by atoms with Gasteiger partial charge >= 0.3 is 7.12 Å². The van der Waals surface area contributed by atoms with Gasteiger partial charge in [0.2, 0.25) is 5.91 Å². The summed E-state index contributed by atoms with van der Waals surface area (Å²) in [7, 11) is -0.673. The van der Waals surface area contributed by atoms with Crippen LogP contribution in [0.4, 0.5) is 0 Å². The third kappa shape index (κ3) is 9.92. The number of aliphatic hydroxyl groups excluding tert-OH is 2. The molecule has 42 heavy (non-hydrogen) atoms. The fraction of sp³-hybridized carbons (Fsp3) is 0.618. The van der Waals surface area contributed by atoms with Crippen LogP contribution < -0.4 is 10.8 Å². The van der Waals surface area contributed by atoms with E-state index in [0.29, 0.717) is 6.42 Å². The minimum absolute atomic E-state index is 0.186. The Bertz CT molecular complexity index is 1110. The van der Waals surface area contributed by atoms with Gasteiger partial charge in [0, 0.05) is 6.42 Å². The average Bonchev–Trinajstić information content (AvgIpc) is 3.01. The van der Waals surface area contributed by atoms with Crippen molar-refractivity contribution in [1.29, 1.82) is 0 Å². The van der Waals surface area contributed by atoms with Crippen molar-refractivity contribution in [3.05, 3.63) is 54.6 Å². The van der Waals surface area contributed by atoms with Crippen LogP contribution in [0.2, 0.25) is 0 Å². The SMILES string of the molecule is CCCCCCCC/C=C\CCCCCCCC(=O)N[C@@H]1O[C@@H]2COB(c3ccc4ccccc4c3)O[C@H]2[C@H](O)[C@H]1O. The van der Waals surface area contributed by atoms with Crippen molar-refractivity contribution in [2.75, 3.05) is 6.61 Å². The molecule has 0 unspecified atom stereocenters. The molecule has 2 saturated heterocycles. The number of hydrogen-bond donors (Lipinski definition) is 3. The van der Waals surface area contributed by atoms with Crippen molar-refractivity contribution in [2.45, 2.75) is 127 Å². The third-order valence-corrected chi connectivity index (χ3v) is 8.39. The number of aliphatic hydroxyl groups is 2. The molecule has 5 atom stereocenters. The van der Waals surface area contributed by atoms with Gasteiger partial charge in [-0.3, -0.25) is 4.79 Å². The second-order valence-corrected chi connectivity index (χ2v) is 11.9. The Labute approximate surface area is 252 Å². The Morgan fingerprint density at radius 3 is 2.29 bits per heavy atom. The molecule has 4 rings (SSSR count). The standard InChI is InChI=1S/C34H50BNO6/c1-2-3-4-5-6-7-8-9-10-11-12-13-14-15-16-21-30(37)36-34-32(39)31(38)33-29(41-34)25-40-35(42-33)28-23-22-26-19-17-18-20-27(26)24-28/h9-10,17-20,22-24,29,31-34,38-39H,2-8,11-16,21,25H2,1H3,(H,36,37)/b10-9-/t29-,31-,32-,33-,34-/m1/s1. The van der Waals surface area contributed by atoms with Gasteiger partial charge in [-0.15, -0.1) is 0 Å². The summed E-state index contributed by atoms with van der Waals surface area (Å²) in [5, 5.41) is 26.5. The Hall–Kier alpha value is -2.23. The third-order valence-electron chi connectivity index (χ3n) is 8.39. The zero-order valence-corrected chi connectivity index (χ0v) is 25.3. The molecule has 230 valence electrons. The summed E-state index contributed by atoms with van der Waals surface area (Å²) in [6.45, 7) is 2.44. The molecule has 8 heteroatoms. The average molecular weight is 580 g/mol. The van der Waals surface area contributed by atoms with Crippen molar-refractivity contribution in [3.63, 3.8) is 0 Å². The number of rotatable bonds is 17. The number of hydrogen-bond acceptors (Lipinski definition) is 6. The lowest BCUT2D eigenvalue weighted by Crippen LogP contribution is -2.67. The molecule has 2 fully saturated rings. The Morgan fingerprint density at radius 1 is 0.881 bits per heavy atom. The zero-order chi connectivity index (χ0) is 29.6. The highest BCUT2D eigenvalue weighted by atomic mass is 16.7. The lowest BCUT2D eigenvalue weighted by atomic mass is 9.75. The lowest BCUT2D eigenvalue weighted by molar-refractivity contribution is -0.242.